The SMILES string of the molecule is O=C1C(=C(O)C=Cc2ccc(O)cc2)C(O)=C(C2OC(CO)C(O)C(O)C2O)C(=O)C1(O)C1OC(CO)C(O)C(O)C1O. The average molecular weight is 613 g/mol. The molecule has 3 aliphatic rings. The molecule has 16 heteroatoms. The monoisotopic (exact) mass is 612 g/mol. The lowest BCUT2D eigenvalue weighted by Crippen LogP contribution is -2.72. The van der Waals surface area contributed by atoms with Gasteiger partial charge in [0.1, 0.15) is 83.9 Å². The van der Waals surface area contributed by atoms with Gasteiger partial charge < -0.3 is 70.8 Å². The fourth-order valence-electron chi connectivity index (χ4n) is 5.24. The van der Waals surface area contributed by atoms with Crippen LogP contribution in [0.25, 0.3) is 6.08 Å². The molecule has 0 saturated carbocycles. The van der Waals surface area contributed by atoms with Gasteiger partial charge in [0.25, 0.3) is 0 Å². The van der Waals surface area contributed by atoms with Crippen LogP contribution in [0.3, 0.4) is 0 Å². The van der Waals surface area contributed by atoms with Crippen molar-refractivity contribution < 1.29 is 80.3 Å². The summed E-state index contributed by atoms with van der Waals surface area (Å²) < 4.78 is 10.6. The van der Waals surface area contributed by atoms with Crippen molar-refractivity contribution in [1.29, 1.82) is 0 Å². The summed E-state index contributed by atoms with van der Waals surface area (Å²) >= 11 is 0. The molecule has 1 aliphatic carbocycles. The first-order valence-corrected chi connectivity index (χ1v) is 13.0. The number of aliphatic hydroxyl groups is 11. The second-order valence-electron chi connectivity index (χ2n) is 10.4. The van der Waals surface area contributed by atoms with Crippen LogP contribution < -0.4 is 0 Å². The molecule has 2 heterocycles. The van der Waals surface area contributed by atoms with E-state index in [1.165, 1.54) is 30.3 Å². The molecule has 43 heavy (non-hydrogen) atoms. The van der Waals surface area contributed by atoms with E-state index in [1.54, 1.807) is 0 Å². The number of ether oxygens (including phenoxy) is 2. The third-order valence-electron chi connectivity index (χ3n) is 7.72. The summed E-state index contributed by atoms with van der Waals surface area (Å²) in [5.74, 6) is -6.12. The van der Waals surface area contributed by atoms with Gasteiger partial charge in [0.05, 0.1) is 18.8 Å². The number of allylic oxidation sites excluding steroid dienone is 2. The van der Waals surface area contributed by atoms with Crippen molar-refractivity contribution in [2.24, 2.45) is 0 Å². The number of Topliss-reactive ketones (excluding diaryl/α,β-unsaturated/α-hetero) is 2. The number of ketones is 2. The Balaban J connectivity index is 1.92. The Hall–Kier alpha value is -3.26. The Morgan fingerprint density at radius 2 is 1.30 bits per heavy atom. The standard InChI is InChI=1S/C27H32O16/c28-7-12-16(32)19(35)21(37)23(42-12)15-18(34)14(11(31)6-3-9-1-4-10(30)5-2-9)24(39)27(41,25(15)40)26-22(38)20(36)17(33)13(8-29)43-26/h1-6,12-13,16-17,19-23,26,28-38,41H,7-8H2. The third kappa shape index (κ3) is 5.47. The Kier molecular flexibility index (Phi) is 9.41. The molecule has 2 saturated heterocycles. The Morgan fingerprint density at radius 1 is 0.767 bits per heavy atom. The lowest BCUT2D eigenvalue weighted by molar-refractivity contribution is -0.261. The van der Waals surface area contributed by atoms with Gasteiger partial charge in [-0.25, -0.2) is 0 Å². The molecule has 11 unspecified atom stereocenters. The molecular weight excluding hydrogens is 580 g/mol. The molecule has 4 rings (SSSR count). The number of carbonyl (C=O) groups excluding carboxylic acids is 2. The van der Waals surface area contributed by atoms with Gasteiger partial charge in [-0.3, -0.25) is 9.59 Å². The first-order valence-electron chi connectivity index (χ1n) is 13.0. The summed E-state index contributed by atoms with van der Waals surface area (Å²) in [6, 6.07) is 5.38. The van der Waals surface area contributed by atoms with Crippen molar-refractivity contribution in [1.82, 2.24) is 0 Å². The Labute approximate surface area is 242 Å². The number of benzene rings is 1. The first-order chi connectivity index (χ1) is 20.2. The van der Waals surface area contributed by atoms with E-state index in [9.17, 15) is 70.9 Å². The van der Waals surface area contributed by atoms with E-state index >= 15 is 0 Å². The molecule has 0 amide bonds. The van der Waals surface area contributed by atoms with Crippen molar-refractivity contribution in [3.8, 4) is 5.75 Å². The third-order valence-corrected chi connectivity index (χ3v) is 7.72. The van der Waals surface area contributed by atoms with Crippen LogP contribution in [0.4, 0.5) is 0 Å². The highest BCUT2D eigenvalue weighted by Crippen LogP contribution is 2.42. The Morgan fingerprint density at radius 3 is 1.86 bits per heavy atom. The van der Waals surface area contributed by atoms with Crippen molar-refractivity contribution in [2.75, 3.05) is 13.2 Å². The van der Waals surface area contributed by atoms with Gasteiger partial charge in [-0.05, 0) is 23.8 Å². The maximum atomic E-state index is 13.9. The molecule has 0 radical (unpaired) electrons. The first kappa shape index (κ1) is 32.6. The molecule has 0 spiro atoms. The van der Waals surface area contributed by atoms with E-state index in [0.29, 0.717) is 5.56 Å². The van der Waals surface area contributed by atoms with Crippen molar-refractivity contribution in [2.45, 2.75) is 66.6 Å². The molecule has 12 N–H and O–H groups in total. The number of phenols is 1. The normalized spacial score (nSPS) is 40.3. The fraction of sp³-hybridized carbons (Fsp3) is 0.481. The van der Waals surface area contributed by atoms with E-state index < -0.39 is 114 Å². The quantitative estimate of drug-likeness (QED) is 0.0820. The lowest BCUT2D eigenvalue weighted by atomic mass is 9.69. The molecule has 11 atom stereocenters. The summed E-state index contributed by atoms with van der Waals surface area (Å²) in [6.07, 6.45) is -18.7. The minimum absolute atomic E-state index is 0.0879. The molecule has 2 aliphatic heterocycles. The van der Waals surface area contributed by atoms with Crippen LogP contribution in [0.15, 0.2) is 53.0 Å². The zero-order chi connectivity index (χ0) is 32.0. The van der Waals surface area contributed by atoms with Gasteiger partial charge in [0.15, 0.2) is 0 Å². The average Bonchev–Trinajstić information content (AvgIpc) is 2.98. The highest BCUT2D eigenvalue weighted by atomic mass is 16.6. The number of carbonyl (C=O) groups is 2. The summed E-state index contributed by atoms with van der Waals surface area (Å²) in [5, 5.41) is 125. The highest BCUT2D eigenvalue weighted by Gasteiger charge is 2.65. The number of aliphatic hydroxyl groups excluding tert-OH is 10. The van der Waals surface area contributed by atoms with E-state index in [2.05, 4.69) is 0 Å². The van der Waals surface area contributed by atoms with Gasteiger partial charge in [-0.2, -0.15) is 0 Å². The molecular formula is C27H32O16. The largest absolute Gasteiger partial charge is 0.508 e. The van der Waals surface area contributed by atoms with Gasteiger partial charge in [-0.1, -0.05) is 18.2 Å². The van der Waals surface area contributed by atoms with E-state index in [1.807, 2.05) is 0 Å². The van der Waals surface area contributed by atoms with Crippen molar-refractivity contribution in [3.63, 3.8) is 0 Å². The minimum Gasteiger partial charge on any atom is -0.508 e. The zero-order valence-electron chi connectivity index (χ0n) is 22.2. The number of aromatic hydroxyl groups is 1. The second-order valence-corrected chi connectivity index (χ2v) is 10.4. The summed E-state index contributed by atoms with van der Waals surface area (Å²) in [5.41, 5.74) is -5.62. The van der Waals surface area contributed by atoms with Crippen LogP contribution in [0.2, 0.25) is 0 Å². The van der Waals surface area contributed by atoms with Crippen LogP contribution in [0.5, 0.6) is 5.75 Å². The number of phenolic OH excluding ortho intramolecular Hbond substituents is 1. The zero-order valence-corrected chi connectivity index (χ0v) is 22.2. The van der Waals surface area contributed by atoms with Crippen LogP contribution in [-0.2, 0) is 19.1 Å². The lowest BCUT2D eigenvalue weighted by Gasteiger charge is -2.48. The smallest absolute Gasteiger partial charge is 0.219 e. The van der Waals surface area contributed by atoms with Crippen LogP contribution in [0, 0.1) is 0 Å². The van der Waals surface area contributed by atoms with Crippen LogP contribution in [0.1, 0.15) is 5.56 Å². The summed E-state index contributed by atoms with van der Waals surface area (Å²) in [6.45, 7) is -1.99. The second kappa shape index (κ2) is 12.4. The van der Waals surface area contributed by atoms with E-state index in [0.717, 1.165) is 6.08 Å². The molecule has 16 nitrogen and oxygen atoms in total. The summed E-state index contributed by atoms with van der Waals surface area (Å²) in [7, 11) is 0. The van der Waals surface area contributed by atoms with Crippen LogP contribution in [-0.4, -0.2) is 153 Å². The maximum absolute atomic E-state index is 13.9. The fourth-order valence-corrected chi connectivity index (χ4v) is 5.24. The van der Waals surface area contributed by atoms with Crippen molar-refractivity contribution in [3.05, 3.63) is 58.6 Å². The molecule has 236 valence electrons. The molecule has 0 aromatic heterocycles. The van der Waals surface area contributed by atoms with Gasteiger partial charge in [-0.15, -0.1) is 0 Å². The summed E-state index contributed by atoms with van der Waals surface area (Å²) in [4.78, 5) is 27.6. The van der Waals surface area contributed by atoms with E-state index in [-0.39, 0.29) is 5.75 Å². The highest BCUT2D eigenvalue weighted by molar-refractivity contribution is 6.28. The number of hydrogen-bond donors (Lipinski definition) is 12. The number of hydrogen-bond acceptors (Lipinski definition) is 16. The van der Waals surface area contributed by atoms with Gasteiger partial charge >= 0.3 is 0 Å². The predicted octanol–water partition coefficient (Wildman–Crippen LogP) is -4.40. The molecule has 1 aromatic carbocycles. The predicted molar refractivity (Wildman–Crippen MR) is 139 cm³/mol. The maximum Gasteiger partial charge on any atom is 0.219 e. The minimum atomic E-state index is -3.63. The van der Waals surface area contributed by atoms with E-state index in [4.69, 9.17) is 9.47 Å². The molecule has 2 fully saturated rings. The molecule has 0 bridgehead atoms. The van der Waals surface area contributed by atoms with Gasteiger partial charge in [0, 0.05) is 0 Å². The molecule has 1 aromatic rings. The topological polar surface area (TPSA) is 295 Å². The van der Waals surface area contributed by atoms with Crippen molar-refractivity contribution >= 4 is 17.6 Å². The Bertz CT molecular complexity index is 1320. The van der Waals surface area contributed by atoms with Crippen LogP contribution >= 0.6 is 0 Å². The van der Waals surface area contributed by atoms with Gasteiger partial charge in [0.2, 0.25) is 17.2 Å². The number of rotatable bonds is 6.